The minimum atomic E-state index is -0.0518. The highest BCUT2D eigenvalue weighted by Gasteiger charge is 2.19. The molecule has 0 saturated carbocycles. The van der Waals surface area contributed by atoms with Crippen LogP contribution in [-0.2, 0) is 12.0 Å². The first-order chi connectivity index (χ1) is 11.3. The van der Waals surface area contributed by atoms with Gasteiger partial charge in [-0.3, -0.25) is 4.99 Å². The summed E-state index contributed by atoms with van der Waals surface area (Å²) in [4.78, 5) is 8.54. The summed E-state index contributed by atoms with van der Waals surface area (Å²) in [6.45, 7) is 8.78. The fraction of sp³-hybridized carbons (Fsp3) is 0.444. The lowest BCUT2D eigenvalue weighted by molar-refractivity contribution is 0.379. The maximum Gasteiger partial charge on any atom is 0.213 e. The van der Waals surface area contributed by atoms with Gasteiger partial charge < -0.3 is 15.1 Å². The first-order valence-corrected chi connectivity index (χ1v) is 8.36. The summed E-state index contributed by atoms with van der Waals surface area (Å²) in [6, 6.07) is 7.79. The number of hydrogen-bond acceptors (Lipinski definition) is 3. The van der Waals surface area contributed by atoms with E-state index in [1.807, 2.05) is 31.2 Å². The molecule has 0 bridgehead atoms. The van der Waals surface area contributed by atoms with Crippen LogP contribution in [0.25, 0.3) is 0 Å². The van der Waals surface area contributed by atoms with Crippen molar-refractivity contribution in [2.75, 3.05) is 7.05 Å². The van der Waals surface area contributed by atoms with E-state index in [1.165, 1.54) is 0 Å². The summed E-state index contributed by atoms with van der Waals surface area (Å²) in [5.41, 5.74) is 0.970. The predicted molar refractivity (Wildman–Crippen MR) is 98.4 cm³/mol. The largest absolute Gasteiger partial charge is 0.443 e. The van der Waals surface area contributed by atoms with Crippen molar-refractivity contribution in [2.24, 2.45) is 4.99 Å². The molecule has 2 rings (SSSR count). The van der Waals surface area contributed by atoms with E-state index in [-0.39, 0.29) is 11.5 Å². The minimum Gasteiger partial charge on any atom is -0.443 e. The van der Waals surface area contributed by atoms with Gasteiger partial charge in [0.1, 0.15) is 5.76 Å². The second-order valence-electron chi connectivity index (χ2n) is 6.68. The third-order valence-electron chi connectivity index (χ3n) is 3.65. The fourth-order valence-electron chi connectivity index (χ4n) is 2.20. The number of nitrogens with one attached hydrogen (secondary N) is 2. The number of rotatable bonds is 4. The van der Waals surface area contributed by atoms with Crippen molar-refractivity contribution in [1.29, 1.82) is 0 Å². The molecular weight excluding hydrogens is 324 g/mol. The third-order valence-corrected chi connectivity index (χ3v) is 3.99. The maximum absolute atomic E-state index is 6.24. The van der Waals surface area contributed by atoms with Crippen LogP contribution in [0, 0.1) is 0 Å². The fourth-order valence-corrected chi connectivity index (χ4v) is 2.50. The molecule has 2 aromatic rings. The van der Waals surface area contributed by atoms with Crippen LogP contribution in [0.3, 0.4) is 0 Å². The van der Waals surface area contributed by atoms with Crippen LogP contribution < -0.4 is 10.6 Å². The number of nitrogens with zero attached hydrogens (tertiary/aromatic N) is 2. The Hall–Kier alpha value is -2.01. The minimum absolute atomic E-state index is 0.0274. The molecule has 0 saturated heterocycles. The lowest BCUT2D eigenvalue weighted by Crippen LogP contribution is -2.38. The normalized spacial score (nSPS) is 13.7. The summed E-state index contributed by atoms with van der Waals surface area (Å²) in [5, 5.41) is 7.26. The first-order valence-electron chi connectivity index (χ1n) is 7.98. The van der Waals surface area contributed by atoms with E-state index in [1.54, 1.807) is 13.2 Å². The molecule has 1 atom stereocenters. The van der Waals surface area contributed by atoms with Gasteiger partial charge in [0.2, 0.25) is 5.89 Å². The van der Waals surface area contributed by atoms with E-state index in [2.05, 4.69) is 41.4 Å². The molecule has 1 aromatic carbocycles. The lowest BCUT2D eigenvalue weighted by atomic mass is 9.94. The van der Waals surface area contributed by atoms with Gasteiger partial charge in [-0.2, -0.15) is 0 Å². The summed E-state index contributed by atoms with van der Waals surface area (Å²) in [5.74, 6) is 2.16. The highest BCUT2D eigenvalue weighted by molar-refractivity contribution is 6.31. The number of hydrogen-bond donors (Lipinski definition) is 2. The van der Waals surface area contributed by atoms with Crippen LogP contribution in [0.15, 0.2) is 39.9 Å². The Labute approximate surface area is 148 Å². The van der Waals surface area contributed by atoms with Crippen LogP contribution in [0.2, 0.25) is 5.02 Å². The zero-order valence-electron chi connectivity index (χ0n) is 14.9. The maximum atomic E-state index is 6.24. The molecule has 0 amide bonds. The molecule has 0 aliphatic carbocycles. The standard InChI is InChI=1S/C18H25ClN4O/c1-12(13-8-6-7-9-14(13)19)23-17(20-5)22-11-16-21-10-15(24-16)18(2,3)4/h6-10,12H,11H2,1-5H3,(H2,20,22,23). The number of aromatic nitrogens is 1. The van der Waals surface area contributed by atoms with E-state index in [9.17, 15) is 0 Å². The lowest BCUT2D eigenvalue weighted by Gasteiger charge is -2.18. The number of oxazole rings is 1. The smallest absolute Gasteiger partial charge is 0.213 e. The molecule has 2 N–H and O–H groups in total. The van der Waals surface area contributed by atoms with E-state index >= 15 is 0 Å². The summed E-state index contributed by atoms with van der Waals surface area (Å²) >= 11 is 6.24. The first kappa shape index (κ1) is 18.3. The van der Waals surface area contributed by atoms with E-state index < -0.39 is 0 Å². The second kappa shape index (κ2) is 7.71. The topological polar surface area (TPSA) is 62.5 Å². The van der Waals surface area contributed by atoms with E-state index in [0.717, 1.165) is 16.3 Å². The molecule has 24 heavy (non-hydrogen) atoms. The average Bonchev–Trinajstić information content (AvgIpc) is 3.00. The summed E-state index contributed by atoms with van der Waals surface area (Å²) in [6.07, 6.45) is 1.78. The molecule has 0 fully saturated rings. The van der Waals surface area contributed by atoms with Gasteiger partial charge in [0.15, 0.2) is 5.96 Å². The summed E-state index contributed by atoms with van der Waals surface area (Å²) < 4.78 is 5.77. The molecule has 1 heterocycles. The number of benzene rings is 1. The molecule has 1 aromatic heterocycles. The summed E-state index contributed by atoms with van der Waals surface area (Å²) in [7, 11) is 1.73. The van der Waals surface area contributed by atoms with Crippen LogP contribution in [0.1, 0.15) is 51.0 Å². The molecule has 0 aliphatic heterocycles. The molecule has 0 spiro atoms. The molecule has 0 aliphatic rings. The zero-order valence-corrected chi connectivity index (χ0v) is 15.6. The van der Waals surface area contributed by atoms with Crippen molar-refractivity contribution < 1.29 is 4.42 Å². The van der Waals surface area contributed by atoms with E-state index in [0.29, 0.717) is 18.4 Å². The van der Waals surface area contributed by atoms with Gasteiger partial charge in [-0.25, -0.2) is 4.98 Å². The van der Waals surface area contributed by atoms with Gasteiger partial charge in [0.25, 0.3) is 0 Å². The predicted octanol–water partition coefficient (Wildman–Crippen LogP) is 4.05. The van der Waals surface area contributed by atoms with Gasteiger partial charge in [-0.05, 0) is 18.6 Å². The van der Waals surface area contributed by atoms with Crippen molar-refractivity contribution >= 4 is 17.6 Å². The number of guanidine groups is 1. The third kappa shape index (κ3) is 4.74. The number of halogens is 1. The highest BCUT2D eigenvalue weighted by Crippen LogP contribution is 2.23. The zero-order chi connectivity index (χ0) is 17.7. The monoisotopic (exact) mass is 348 g/mol. The van der Waals surface area contributed by atoms with Crippen molar-refractivity contribution in [1.82, 2.24) is 15.6 Å². The molecule has 5 nitrogen and oxygen atoms in total. The molecular formula is C18H25ClN4O. The van der Waals surface area contributed by atoms with Gasteiger partial charge in [-0.15, -0.1) is 0 Å². The van der Waals surface area contributed by atoms with Crippen molar-refractivity contribution in [3.8, 4) is 0 Å². The van der Waals surface area contributed by atoms with Crippen LogP contribution in [-0.4, -0.2) is 18.0 Å². The van der Waals surface area contributed by atoms with Gasteiger partial charge >= 0.3 is 0 Å². The molecule has 130 valence electrons. The quantitative estimate of drug-likeness (QED) is 0.646. The molecule has 1 unspecified atom stereocenters. The Kier molecular flexibility index (Phi) is 5.89. The van der Waals surface area contributed by atoms with Crippen molar-refractivity contribution in [3.63, 3.8) is 0 Å². The van der Waals surface area contributed by atoms with Gasteiger partial charge in [0.05, 0.1) is 18.8 Å². The van der Waals surface area contributed by atoms with Gasteiger partial charge in [0, 0.05) is 17.5 Å². The Balaban J connectivity index is 1.96. The Morgan fingerprint density at radius 2 is 2.04 bits per heavy atom. The van der Waals surface area contributed by atoms with Crippen molar-refractivity contribution in [2.45, 2.75) is 45.7 Å². The second-order valence-corrected chi connectivity index (χ2v) is 7.09. The van der Waals surface area contributed by atoms with Crippen molar-refractivity contribution in [3.05, 3.63) is 52.7 Å². The SMILES string of the molecule is CN=C(NCc1ncc(C(C)(C)C)o1)NC(C)c1ccccc1Cl. The average molecular weight is 349 g/mol. The van der Waals surface area contributed by atoms with E-state index in [4.69, 9.17) is 16.0 Å². The Morgan fingerprint density at radius 3 is 2.62 bits per heavy atom. The highest BCUT2D eigenvalue weighted by atomic mass is 35.5. The number of aliphatic imine (C=N–C) groups is 1. The van der Waals surface area contributed by atoms with Crippen LogP contribution in [0.4, 0.5) is 0 Å². The van der Waals surface area contributed by atoms with Gasteiger partial charge in [-0.1, -0.05) is 50.6 Å². The molecule has 6 heteroatoms. The van der Waals surface area contributed by atoms with Crippen LogP contribution in [0.5, 0.6) is 0 Å². The Morgan fingerprint density at radius 1 is 1.33 bits per heavy atom. The molecule has 0 radical (unpaired) electrons. The Bertz CT molecular complexity index is 703. The van der Waals surface area contributed by atoms with Crippen LogP contribution >= 0.6 is 11.6 Å².